The predicted octanol–water partition coefficient (Wildman–Crippen LogP) is 0.549. The fourth-order valence-electron chi connectivity index (χ4n) is 4.65. The number of hydrogen-bond acceptors (Lipinski definition) is 11. The summed E-state index contributed by atoms with van der Waals surface area (Å²) in [5.74, 6) is 5.66. The number of carbonyl (C=O) groups excluding carboxylic acids is 4. The Balaban J connectivity index is 2.95. The first kappa shape index (κ1) is 46.4. The van der Waals surface area contributed by atoms with Crippen molar-refractivity contribution in [2.45, 2.75) is 44.1 Å². The Kier molecular flexibility index (Phi) is 27.0. The molecule has 0 aliphatic heterocycles. The summed E-state index contributed by atoms with van der Waals surface area (Å²) < 4.78 is 31.8. The van der Waals surface area contributed by atoms with E-state index in [2.05, 4.69) is 39.0 Å². The van der Waals surface area contributed by atoms with E-state index in [-0.39, 0.29) is 127 Å². The highest BCUT2D eigenvalue weighted by atomic mass is 16.5. The van der Waals surface area contributed by atoms with Crippen molar-refractivity contribution >= 4 is 23.6 Å². The molecular weight excluding hydrogens is 688 g/mol. The molecule has 15 nitrogen and oxygen atoms in total. The van der Waals surface area contributed by atoms with Crippen LogP contribution < -0.4 is 21.3 Å². The first-order valence-corrected chi connectivity index (χ1v) is 17.4. The number of carbonyl (C=O) groups is 4. The topological polar surface area (TPSA) is 192 Å². The smallest absolute Gasteiger partial charge is 0.251 e. The zero-order valence-electron chi connectivity index (χ0n) is 30.4. The second-order valence-electron chi connectivity index (χ2n) is 11.4. The molecule has 0 aliphatic carbocycles. The van der Waals surface area contributed by atoms with Crippen molar-refractivity contribution in [1.82, 2.24) is 21.3 Å². The Morgan fingerprint density at radius 3 is 1.23 bits per heavy atom. The third-order valence-corrected chi connectivity index (χ3v) is 7.38. The maximum atomic E-state index is 13.5. The molecule has 0 saturated heterocycles. The summed E-state index contributed by atoms with van der Waals surface area (Å²) in [6.45, 7) is 3.93. The SMILES string of the molecule is C#CCOCCOCCNC(=O)CCC(CCC(=O)NCCOCCOCC#C)(CCC(=O)NCCOCCOCC#C)NC(=O)c1ccc(O)cc1. The van der Waals surface area contributed by atoms with E-state index in [1.807, 2.05) is 0 Å². The lowest BCUT2D eigenvalue weighted by Crippen LogP contribution is -2.50. The van der Waals surface area contributed by atoms with Gasteiger partial charge in [0.25, 0.3) is 5.91 Å². The molecule has 1 aromatic carbocycles. The van der Waals surface area contributed by atoms with Gasteiger partial charge in [-0.1, -0.05) is 17.8 Å². The number of phenols is 1. The van der Waals surface area contributed by atoms with E-state index < -0.39 is 11.4 Å². The van der Waals surface area contributed by atoms with Crippen LogP contribution in [0.2, 0.25) is 0 Å². The highest BCUT2D eigenvalue weighted by Crippen LogP contribution is 2.27. The lowest BCUT2D eigenvalue weighted by Gasteiger charge is -2.35. The maximum absolute atomic E-state index is 13.5. The summed E-state index contributed by atoms with van der Waals surface area (Å²) in [5.41, 5.74) is -0.901. The highest BCUT2D eigenvalue weighted by molar-refractivity contribution is 5.95. The first-order chi connectivity index (χ1) is 25.7. The Morgan fingerprint density at radius 1 is 0.547 bits per heavy atom. The van der Waals surface area contributed by atoms with Crippen LogP contribution in [-0.4, -0.2) is 133 Å². The number of rotatable bonds is 32. The van der Waals surface area contributed by atoms with Gasteiger partial charge in [0.05, 0.1) is 59.5 Å². The van der Waals surface area contributed by atoms with Crippen LogP contribution in [0.4, 0.5) is 0 Å². The van der Waals surface area contributed by atoms with Gasteiger partial charge >= 0.3 is 0 Å². The monoisotopic (exact) mass is 742 g/mol. The standard InChI is InChI=1S/C38H54N4O11/c1-4-20-48-26-29-51-23-17-39-34(44)11-14-38(42-37(47)32-7-9-33(43)10-8-32,15-12-35(45)40-18-24-52-30-27-49-21-5-2)16-13-36(46)41-19-25-53-31-28-50-22-6-3/h1-3,7-10,43H,11-31H2,(H,39,44)(H,40,45)(H,41,46)(H,42,47). The van der Waals surface area contributed by atoms with Crippen molar-refractivity contribution in [3.63, 3.8) is 0 Å². The summed E-state index contributed by atoms with van der Waals surface area (Å²) in [6, 6.07) is 5.66. The lowest BCUT2D eigenvalue weighted by atomic mass is 9.82. The van der Waals surface area contributed by atoms with Crippen molar-refractivity contribution in [3.05, 3.63) is 29.8 Å². The van der Waals surface area contributed by atoms with Crippen LogP contribution in [0, 0.1) is 37.0 Å². The van der Waals surface area contributed by atoms with Gasteiger partial charge in [-0.2, -0.15) is 0 Å². The Labute approximate surface area is 312 Å². The van der Waals surface area contributed by atoms with Crippen LogP contribution in [0.15, 0.2) is 24.3 Å². The molecule has 0 aromatic heterocycles. The molecule has 0 spiro atoms. The Morgan fingerprint density at radius 2 is 0.887 bits per heavy atom. The van der Waals surface area contributed by atoms with Gasteiger partial charge in [0, 0.05) is 50.0 Å². The van der Waals surface area contributed by atoms with Gasteiger partial charge in [0.2, 0.25) is 17.7 Å². The Hall–Kier alpha value is -4.66. The first-order valence-electron chi connectivity index (χ1n) is 17.4. The van der Waals surface area contributed by atoms with Gasteiger partial charge < -0.3 is 54.8 Å². The highest BCUT2D eigenvalue weighted by Gasteiger charge is 2.34. The summed E-state index contributed by atoms with van der Waals surface area (Å²) in [5, 5.41) is 21.1. The number of aromatic hydroxyl groups is 1. The number of terminal acetylenes is 3. The normalized spacial score (nSPS) is 10.7. The van der Waals surface area contributed by atoms with E-state index in [0.717, 1.165) is 0 Å². The quantitative estimate of drug-likeness (QED) is 0.0512. The van der Waals surface area contributed by atoms with E-state index in [0.29, 0.717) is 39.6 Å². The average Bonchev–Trinajstić information content (AvgIpc) is 3.15. The van der Waals surface area contributed by atoms with Gasteiger partial charge in [0.1, 0.15) is 25.6 Å². The average molecular weight is 743 g/mol. The molecule has 0 aliphatic rings. The second kappa shape index (κ2) is 30.9. The molecule has 0 radical (unpaired) electrons. The van der Waals surface area contributed by atoms with Crippen molar-refractivity contribution < 1.29 is 52.7 Å². The van der Waals surface area contributed by atoms with E-state index in [9.17, 15) is 24.3 Å². The van der Waals surface area contributed by atoms with Crippen LogP contribution in [0.25, 0.3) is 0 Å². The van der Waals surface area contributed by atoms with E-state index in [1.165, 1.54) is 24.3 Å². The predicted molar refractivity (Wildman–Crippen MR) is 196 cm³/mol. The molecule has 0 unspecified atom stereocenters. The van der Waals surface area contributed by atoms with Crippen molar-refractivity contribution in [1.29, 1.82) is 0 Å². The lowest BCUT2D eigenvalue weighted by molar-refractivity contribution is -0.121. The van der Waals surface area contributed by atoms with Crippen molar-refractivity contribution in [2.75, 3.05) is 98.9 Å². The molecular formula is C38H54N4O11. The third kappa shape index (κ3) is 25.0. The number of amides is 4. The maximum Gasteiger partial charge on any atom is 0.251 e. The van der Waals surface area contributed by atoms with Gasteiger partial charge in [-0.3, -0.25) is 19.2 Å². The van der Waals surface area contributed by atoms with Crippen molar-refractivity contribution in [3.8, 4) is 42.8 Å². The molecule has 1 rings (SSSR count). The van der Waals surface area contributed by atoms with Crippen molar-refractivity contribution in [2.24, 2.45) is 0 Å². The summed E-state index contributed by atoms with van der Waals surface area (Å²) in [6.07, 6.45) is 15.7. The minimum atomic E-state index is -1.15. The van der Waals surface area contributed by atoms with Crippen LogP contribution in [-0.2, 0) is 42.8 Å². The number of hydrogen-bond donors (Lipinski definition) is 5. The van der Waals surface area contributed by atoms with Crippen LogP contribution in [0.1, 0.15) is 48.9 Å². The molecule has 0 bridgehead atoms. The van der Waals surface area contributed by atoms with Gasteiger partial charge in [-0.05, 0) is 43.5 Å². The molecule has 0 heterocycles. The number of phenolic OH excluding ortho intramolecular Hbond substituents is 1. The largest absolute Gasteiger partial charge is 0.508 e. The zero-order valence-corrected chi connectivity index (χ0v) is 30.4. The number of benzene rings is 1. The van der Waals surface area contributed by atoms with Gasteiger partial charge in [0.15, 0.2) is 0 Å². The molecule has 1 aromatic rings. The summed E-state index contributed by atoms with van der Waals surface area (Å²) in [7, 11) is 0. The molecule has 0 saturated carbocycles. The molecule has 53 heavy (non-hydrogen) atoms. The third-order valence-electron chi connectivity index (χ3n) is 7.38. The second-order valence-corrected chi connectivity index (χ2v) is 11.4. The molecule has 0 fully saturated rings. The molecule has 15 heteroatoms. The minimum Gasteiger partial charge on any atom is -0.508 e. The van der Waals surface area contributed by atoms with Crippen LogP contribution in [0.5, 0.6) is 5.75 Å². The van der Waals surface area contributed by atoms with E-state index >= 15 is 0 Å². The fourth-order valence-corrected chi connectivity index (χ4v) is 4.65. The molecule has 5 N–H and O–H groups in total. The number of ether oxygens (including phenoxy) is 6. The molecule has 292 valence electrons. The Bertz CT molecular complexity index is 1210. The summed E-state index contributed by atoms with van der Waals surface area (Å²) >= 11 is 0. The van der Waals surface area contributed by atoms with Gasteiger partial charge in [-0.25, -0.2) is 0 Å². The number of nitrogens with one attached hydrogen (secondary N) is 4. The zero-order chi connectivity index (χ0) is 38.8. The van der Waals surface area contributed by atoms with Crippen LogP contribution >= 0.6 is 0 Å². The minimum absolute atomic E-state index is 0.0183. The van der Waals surface area contributed by atoms with E-state index in [4.69, 9.17) is 47.7 Å². The fraction of sp³-hybridized carbons (Fsp3) is 0.579. The van der Waals surface area contributed by atoms with E-state index in [1.54, 1.807) is 0 Å². The van der Waals surface area contributed by atoms with Crippen LogP contribution in [0.3, 0.4) is 0 Å². The molecule has 4 amide bonds. The van der Waals surface area contributed by atoms with Gasteiger partial charge in [-0.15, -0.1) is 19.3 Å². The summed E-state index contributed by atoms with van der Waals surface area (Å²) in [4.78, 5) is 52.3. The molecule has 0 atom stereocenters.